The molecule has 0 aromatic carbocycles. The summed E-state index contributed by atoms with van der Waals surface area (Å²) in [5.74, 6) is 0. The summed E-state index contributed by atoms with van der Waals surface area (Å²) in [6, 6.07) is 0. The molecule has 0 spiro atoms. The van der Waals surface area contributed by atoms with Crippen molar-refractivity contribution in [2.24, 2.45) is 0 Å². The zero-order valence-corrected chi connectivity index (χ0v) is 7.85. The molecule has 3 radical (unpaired) electrons. The van der Waals surface area contributed by atoms with Crippen molar-refractivity contribution in [3.63, 3.8) is 0 Å². The van der Waals surface area contributed by atoms with Crippen molar-refractivity contribution >= 4 is 17.0 Å². The van der Waals surface area contributed by atoms with E-state index in [9.17, 15) is 0 Å². The Morgan fingerprint density at radius 1 is 1.00 bits per heavy atom. The number of halogens is 1. The molecule has 4 heavy (non-hydrogen) atoms. The van der Waals surface area contributed by atoms with Crippen LogP contribution in [0.5, 0.6) is 0 Å². The quantitative estimate of drug-likeness (QED) is 0.579. The van der Waals surface area contributed by atoms with Crippen molar-refractivity contribution in [3.8, 4) is 0 Å². The van der Waals surface area contributed by atoms with E-state index in [0.717, 1.165) is 0 Å². The van der Waals surface area contributed by atoms with E-state index >= 15 is 0 Å². The third-order valence-corrected chi connectivity index (χ3v) is 0. The van der Waals surface area contributed by atoms with Gasteiger partial charge in [0.1, 0.15) is 0 Å². The van der Waals surface area contributed by atoms with Crippen LogP contribution in [0.25, 0.3) is 0 Å². The molecule has 4 heteroatoms. The maximum absolute atomic E-state index is 0. The van der Waals surface area contributed by atoms with E-state index in [1.54, 1.807) is 0 Å². The van der Waals surface area contributed by atoms with Gasteiger partial charge in [-0.05, 0) is 0 Å². The maximum Gasteiger partial charge on any atom is 0 e. The molecule has 0 amide bonds. The first kappa shape index (κ1) is 32.5. The zero-order valence-electron chi connectivity index (χ0n) is 1.59. The summed E-state index contributed by atoms with van der Waals surface area (Å²) in [6.07, 6.45) is 0. The molecule has 0 nitrogen and oxygen atoms in total. The third kappa shape index (κ3) is 8.83. The van der Waals surface area contributed by atoms with E-state index in [1.165, 1.54) is 0 Å². The summed E-state index contributed by atoms with van der Waals surface area (Å²) in [4.78, 5) is 0. The van der Waals surface area contributed by atoms with Crippen molar-refractivity contribution in [2.75, 3.05) is 0 Å². The molecule has 0 aromatic heterocycles. The molecule has 0 saturated carbocycles. The van der Waals surface area contributed by atoms with Gasteiger partial charge in [-0.25, -0.2) is 0 Å². The fraction of sp³-hybridized carbons (Fsp3) is 0. The van der Waals surface area contributed by atoms with Crippen LogP contribution in [0.3, 0.4) is 0 Å². The van der Waals surface area contributed by atoms with Gasteiger partial charge in [0, 0.05) is 77.0 Å². The Kier molecular flexibility index (Phi) is 148. The number of rotatable bonds is 0. The van der Waals surface area contributed by atoms with Gasteiger partial charge in [-0.2, -0.15) is 0 Å². The second kappa shape index (κ2) is 18.2. The third-order valence-electron chi connectivity index (χ3n) is 0. The van der Waals surface area contributed by atoms with E-state index in [4.69, 9.17) is 0 Å². The first-order chi connectivity index (χ1) is 0. The number of hydrogen-bond acceptors (Lipinski definition) is 0. The van der Waals surface area contributed by atoms with Crippen molar-refractivity contribution in [2.45, 2.75) is 0 Å². The summed E-state index contributed by atoms with van der Waals surface area (Å²) < 4.78 is 0. The van der Waals surface area contributed by atoms with Crippen LogP contribution in [0, 0.1) is 0 Å². The number of hydrogen-bond donors (Lipinski definition) is 0. The molecule has 0 unspecified atom stereocenters. The predicted octanol–water partition coefficient (Wildman–Crippen LogP) is 0.838. The SMILES string of the molecule is [Br].[Co].[Mn].[Zr]. The van der Waals surface area contributed by atoms with Gasteiger partial charge >= 0.3 is 0 Å². The van der Waals surface area contributed by atoms with Crippen LogP contribution in [0.4, 0.5) is 0 Å². The van der Waals surface area contributed by atoms with E-state index in [0.29, 0.717) is 0 Å². The van der Waals surface area contributed by atoms with Crippen molar-refractivity contribution in [3.05, 3.63) is 0 Å². The van der Waals surface area contributed by atoms with Crippen molar-refractivity contribution in [1.82, 2.24) is 0 Å². The summed E-state index contributed by atoms with van der Waals surface area (Å²) >= 11 is 0. The molecule has 0 aromatic rings. The largest absolute Gasteiger partial charge is 0 e. The zero-order chi connectivity index (χ0) is 0. The Labute approximate surface area is 76.0 Å². The first-order valence-electron chi connectivity index (χ1n) is 0. The maximum atomic E-state index is 0. The molecule has 0 bridgehead atoms. The standard InChI is InChI=1S/Br.Co.Mn.Zr. The molecule has 0 heterocycles. The van der Waals surface area contributed by atoms with E-state index in [1.807, 2.05) is 0 Å². The van der Waals surface area contributed by atoms with Crippen molar-refractivity contribution in [1.29, 1.82) is 0 Å². The average molecular weight is 285 g/mol. The van der Waals surface area contributed by atoms with Crippen LogP contribution < -0.4 is 0 Å². The van der Waals surface area contributed by atoms with Gasteiger partial charge in [0.2, 0.25) is 0 Å². The minimum Gasteiger partial charge on any atom is 0 e. The summed E-state index contributed by atoms with van der Waals surface area (Å²) in [5.41, 5.74) is 0. The van der Waals surface area contributed by atoms with Crippen LogP contribution in [0.2, 0.25) is 0 Å². The van der Waals surface area contributed by atoms with E-state index < -0.39 is 0 Å². The second-order valence-corrected chi connectivity index (χ2v) is 0. The molecular formula is BrCoMnZr. The fourth-order valence-corrected chi connectivity index (χ4v) is 0. The Hall–Kier alpha value is 2.39. The molecule has 0 aliphatic rings. The van der Waals surface area contributed by atoms with Gasteiger partial charge in [0.25, 0.3) is 0 Å². The van der Waals surface area contributed by atoms with Gasteiger partial charge in [0.15, 0.2) is 0 Å². The van der Waals surface area contributed by atoms with Gasteiger partial charge < -0.3 is 0 Å². The summed E-state index contributed by atoms with van der Waals surface area (Å²) in [6.45, 7) is 0. The van der Waals surface area contributed by atoms with Gasteiger partial charge in [-0.1, -0.05) is 0 Å². The van der Waals surface area contributed by atoms with E-state index in [2.05, 4.69) is 0 Å². The normalized spacial score (nSPS) is 0. The molecule has 0 fully saturated rings. The molecule has 27 valence electrons. The molecule has 0 aliphatic carbocycles. The van der Waals surface area contributed by atoms with Gasteiger partial charge in [-0.3, -0.25) is 0 Å². The predicted molar refractivity (Wildman–Crippen MR) is 8.93 cm³/mol. The van der Waals surface area contributed by atoms with E-state index in [-0.39, 0.29) is 77.0 Å². The van der Waals surface area contributed by atoms with Gasteiger partial charge in [0.05, 0.1) is 0 Å². The molecular weight excluding hydrogens is 285 g/mol. The van der Waals surface area contributed by atoms with Gasteiger partial charge in [-0.15, -0.1) is 0 Å². The minimum atomic E-state index is 0. The monoisotopic (exact) mass is 283 g/mol. The molecule has 0 atom stereocenters. The fourth-order valence-electron chi connectivity index (χ4n) is 0. The first-order valence-corrected chi connectivity index (χ1v) is 0. The second-order valence-electron chi connectivity index (χ2n) is 0. The molecule has 0 rings (SSSR count). The Morgan fingerprint density at radius 2 is 1.00 bits per heavy atom. The minimum absolute atomic E-state index is 0. The topological polar surface area (TPSA) is 0 Å². The van der Waals surface area contributed by atoms with Crippen LogP contribution in [-0.4, -0.2) is 0 Å². The van der Waals surface area contributed by atoms with Crippen LogP contribution in [0.15, 0.2) is 0 Å². The van der Waals surface area contributed by atoms with Crippen molar-refractivity contribution < 1.29 is 60.1 Å². The summed E-state index contributed by atoms with van der Waals surface area (Å²) in [7, 11) is 0. The Bertz CT molecular complexity index is 8.00. The molecule has 0 N–H and O–H groups in total. The Balaban J connectivity index is 0. The summed E-state index contributed by atoms with van der Waals surface area (Å²) in [5, 5.41) is 0. The molecule has 0 saturated heterocycles. The molecule has 0 aliphatic heterocycles. The van der Waals surface area contributed by atoms with Crippen LogP contribution in [0.1, 0.15) is 0 Å². The van der Waals surface area contributed by atoms with Crippen LogP contribution in [-0.2, 0) is 60.1 Å². The van der Waals surface area contributed by atoms with Crippen LogP contribution >= 0.6 is 17.0 Å². The average Bonchev–Trinajstić information content (AvgIpc) is 0. The Morgan fingerprint density at radius 3 is 1.00 bits per heavy atom. The smallest absolute Gasteiger partial charge is 0 e.